The minimum absolute atomic E-state index is 0.335. The molecule has 1 amide bonds. The second-order valence-electron chi connectivity index (χ2n) is 6.83. The number of aromatic amines is 1. The summed E-state index contributed by atoms with van der Waals surface area (Å²) in [6.45, 7) is 4.39. The predicted octanol–water partition coefficient (Wildman–Crippen LogP) is 4.78. The van der Waals surface area contributed by atoms with E-state index in [4.69, 9.17) is 4.74 Å². The number of fused-ring (bicyclic) bond motifs is 1. The minimum atomic E-state index is -0.352. The number of hydrogen-bond donors (Lipinski definition) is 2. The summed E-state index contributed by atoms with van der Waals surface area (Å²) in [5.41, 5.74) is 6.13. The Balaban J connectivity index is 1.48. The molecular formula is C24H22N4O2. The van der Waals surface area contributed by atoms with Crippen molar-refractivity contribution in [2.45, 2.75) is 13.8 Å². The number of ether oxygens (including phenoxy) is 1. The highest BCUT2D eigenvalue weighted by atomic mass is 16.5. The molecule has 0 fully saturated rings. The molecule has 0 aliphatic rings. The molecule has 3 aromatic carbocycles. The Kier molecular flexibility index (Phi) is 5.57. The van der Waals surface area contributed by atoms with E-state index in [9.17, 15) is 4.79 Å². The first kappa shape index (κ1) is 19.4. The first-order chi connectivity index (χ1) is 14.6. The fourth-order valence-electron chi connectivity index (χ4n) is 3.17. The van der Waals surface area contributed by atoms with Gasteiger partial charge >= 0.3 is 0 Å². The molecule has 0 aliphatic heterocycles. The number of amides is 1. The number of H-pyrrole nitrogens is 1. The monoisotopic (exact) mass is 398 g/mol. The lowest BCUT2D eigenvalue weighted by molar-refractivity contribution is 0.0950. The minimum Gasteiger partial charge on any atom is -0.494 e. The van der Waals surface area contributed by atoms with Crippen LogP contribution >= 0.6 is 0 Å². The number of aromatic nitrogens is 2. The van der Waals surface area contributed by atoms with Crippen LogP contribution in [0.1, 0.15) is 29.9 Å². The number of carbonyl (C=O) groups is 1. The van der Waals surface area contributed by atoms with Crippen molar-refractivity contribution in [1.29, 1.82) is 0 Å². The molecule has 4 rings (SSSR count). The number of benzene rings is 3. The molecule has 1 heterocycles. The second kappa shape index (κ2) is 8.61. The number of nitrogens with one attached hydrogen (secondary N) is 2. The van der Waals surface area contributed by atoms with Crippen molar-refractivity contribution >= 4 is 22.4 Å². The van der Waals surface area contributed by atoms with Crippen LogP contribution in [0, 0.1) is 0 Å². The maximum Gasteiger partial charge on any atom is 0.289 e. The molecule has 6 heteroatoms. The number of hydrazone groups is 1. The van der Waals surface area contributed by atoms with E-state index in [-0.39, 0.29) is 5.91 Å². The average Bonchev–Trinajstić information content (AvgIpc) is 3.28. The molecule has 0 saturated heterocycles. The van der Waals surface area contributed by atoms with E-state index >= 15 is 0 Å². The Hall–Kier alpha value is -3.93. The van der Waals surface area contributed by atoms with E-state index in [1.165, 1.54) is 0 Å². The zero-order valence-electron chi connectivity index (χ0n) is 16.8. The van der Waals surface area contributed by atoms with Gasteiger partial charge < -0.3 is 4.74 Å². The third kappa shape index (κ3) is 4.22. The van der Waals surface area contributed by atoms with E-state index in [0.717, 1.165) is 33.4 Å². The molecule has 0 saturated carbocycles. The van der Waals surface area contributed by atoms with Crippen LogP contribution in [-0.2, 0) is 0 Å². The van der Waals surface area contributed by atoms with Gasteiger partial charge in [-0.15, -0.1) is 0 Å². The van der Waals surface area contributed by atoms with Gasteiger partial charge in [0.2, 0.25) is 0 Å². The molecule has 6 nitrogen and oxygen atoms in total. The van der Waals surface area contributed by atoms with Gasteiger partial charge in [-0.05, 0) is 54.4 Å². The third-order valence-corrected chi connectivity index (χ3v) is 4.76. The Morgan fingerprint density at radius 2 is 1.87 bits per heavy atom. The highest BCUT2D eigenvalue weighted by Gasteiger charge is 2.11. The van der Waals surface area contributed by atoms with E-state index in [2.05, 4.69) is 38.9 Å². The quantitative estimate of drug-likeness (QED) is 0.362. The van der Waals surface area contributed by atoms with Crippen LogP contribution in [0.15, 0.2) is 77.9 Å². The molecule has 4 aromatic rings. The number of hydrogen-bond acceptors (Lipinski definition) is 4. The zero-order chi connectivity index (χ0) is 20.9. The summed E-state index contributed by atoms with van der Waals surface area (Å²) in [5.74, 6) is 0.412. The zero-order valence-corrected chi connectivity index (χ0v) is 16.8. The summed E-state index contributed by atoms with van der Waals surface area (Å²) >= 11 is 0. The smallest absolute Gasteiger partial charge is 0.289 e. The lowest BCUT2D eigenvalue weighted by Gasteiger charge is -2.04. The van der Waals surface area contributed by atoms with Gasteiger partial charge in [0.1, 0.15) is 11.4 Å². The van der Waals surface area contributed by atoms with Gasteiger partial charge in [-0.25, -0.2) is 5.43 Å². The molecule has 0 atom stereocenters. The van der Waals surface area contributed by atoms with Gasteiger partial charge in [0.15, 0.2) is 0 Å². The van der Waals surface area contributed by atoms with Crippen LogP contribution in [0.5, 0.6) is 5.75 Å². The summed E-state index contributed by atoms with van der Waals surface area (Å²) in [6.07, 6.45) is 0. The third-order valence-electron chi connectivity index (χ3n) is 4.76. The van der Waals surface area contributed by atoms with Crippen molar-refractivity contribution in [3.63, 3.8) is 0 Å². The normalized spacial score (nSPS) is 11.5. The van der Waals surface area contributed by atoms with E-state index in [1.807, 2.05) is 62.4 Å². The molecule has 0 bridgehead atoms. The summed E-state index contributed by atoms with van der Waals surface area (Å²) < 4.78 is 5.52. The van der Waals surface area contributed by atoms with Crippen molar-refractivity contribution in [3.05, 3.63) is 84.1 Å². The van der Waals surface area contributed by atoms with Crippen LogP contribution in [0.2, 0.25) is 0 Å². The van der Waals surface area contributed by atoms with Crippen molar-refractivity contribution in [1.82, 2.24) is 15.6 Å². The first-order valence-electron chi connectivity index (χ1n) is 9.76. The van der Waals surface area contributed by atoms with E-state index in [1.54, 1.807) is 6.07 Å². The number of nitrogens with zero attached hydrogens (tertiary/aromatic N) is 2. The number of carbonyl (C=O) groups excluding carboxylic acids is 1. The van der Waals surface area contributed by atoms with Crippen LogP contribution in [0.3, 0.4) is 0 Å². The van der Waals surface area contributed by atoms with Gasteiger partial charge in [-0.1, -0.05) is 48.5 Å². The number of rotatable bonds is 6. The van der Waals surface area contributed by atoms with E-state index < -0.39 is 0 Å². The first-order valence-corrected chi connectivity index (χ1v) is 9.76. The summed E-state index contributed by atoms with van der Waals surface area (Å²) in [6, 6.07) is 23.5. The largest absolute Gasteiger partial charge is 0.494 e. The molecule has 1 aromatic heterocycles. The van der Waals surface area contributed by atoms with Gasteiger partial charge in [0.25, 0.3) is 5.91 Å². The second-order valence-corrected chi connectivity index (χ2v) is 6.83. The Bertz CT molecular complexity index is 1230. The lowest BCUT2D eigenvalue weighted by Crippen LogP contribution is -2.19. The van der Waals surface area contributed by atoms with Crippen molar-refractivity contribution in [3.8, 4) is 17.0 Å². The van der Waals surface area contributed by atoms with Crippen LogP contribution in [0.4, 0.5) is 0 Å². The lowest BCUT2D eigenvalue weighted by atomic mass is 10.0. The Labute approximate surface area is 174 Å². The molecule has 150 valence electrons. The van der Waals surface area contributed by atoms with Gasteiger partial charge in [0, 0.05) is 5.56 Å². The van der Waals surface area contributed by atoms with Crippen molar-refractivity contribution in [2.75, 3.05) is 6.61 Å². The van der Waals surface area contributed by atoms with E-state index in [0.29, 0.717) is 18.0 Å². The molecule has 0 spiro atoms. The Morgan fingerprint density at radius 3 is 2.70 bits per heavy atom. The van der Waals surface area contributed by atoms with Crippen molar-refractivity contribution in [2.24, 2.45) is 5.10 Å². The van der Waals surface area contributed by atoms with Crippen LogP contribution in [0.25, 0.3) is 22.0 Å². The van der Waals surface area contributed by atoms with Gasteiger partial charge in [-0.2, -0.15) is 10.2 Å². The Morgan fingerprint density at radius 1 is 1.03 bits per heavy atom. The fourth-order valence-corrected chi connectivity index (χ4v) is 3.17. The molecule has 30 heavy (non-hydrogen) atoms. The van der Waals surface area contributed by atoms with Crippen molar-refractivity contribution < 1.29 is 9.53 Å². The SMILES string of the molecule is CCOc1cccc(-c2cc(C(=O)N/N=C(\C)c3ccc4ccccc4c3)[nH]n2)c1. The maximum atomic E-state index is 12.5. The van der Waals surface area contributed by atoms with Gasteiger partial charge in [-0.3, -0.25) is 9.89 Å². The predicted molar refractivity (Wildman–Crippen MR) is 119 cm³/mol. The molecule has 0 unspecified atom stereocenters. The fraction of sp³-hybridized carbons (Fsp3) is 0.125. The van der Waals surface area contributed by atoms with Gasteiger partial charge in [0.05, 0.1) is 18.0 Å². The molecule has 0 radical (unpaired) electrons. The summed E-state index contributed by atoms with van der Waals surface area (Å²) in [4.78, 5) is 12.5. The standard InChI is InChI=1S/C24H22N4O2/c1-3-30-21-10-6-9-20(14-21)22-15-23(27-26-22)24(29)28-25-16(2)18-12-11-17-7-4-5-8-19(17)13-18/h4-15H,3H2,1-2H3,(H,26,27)(H,28,29)/b25-16+. The summed E-state index contributed by atoms with van der Waals surface area (Å²) in [7, 11) is 0. The average molecular weight is 398 g/mol. The van der Waals surface area contributed by atoms with Crippen LogP contribution < -0.4 is 10.2 Å². The molecule has 2 N–H and O–H groups in total. The van der Waals surface area contributed by atoms with Crippen LogP contribution in [-0.4, -0.2) is 28.4 Å². The molecule has 0 aliphatic carbocycles. The maximum absolute atomic E-state index is 12.5. The highest BCUT2D eigenvalue weighted by molar-refractivity contribution is 6.03. The highest BCUT2D eigenvalue weighted by Crippen LogP contribution is 2.23. The molecular weight excluding hydrogens is 376 g/mol. The topological polar surface area (TPSA) is 79.4 Å². The summed E-state index contributed by atoms with van der Waals surface area (Å²) in [5, 5.41) is 13.5.